The number of ether oxygens (including phenoxy) is 1. The summed E-state index contributed by atoms with van der Waals surface area (Å²) in [5, 5.41) is 9.68. The van der Waals surface area contributed by atoms with Crippen LogP contribution in [0.15, 0.2) is 83.8 Å². The summed E-state index contributed by atoms with van der Waals surface area (Å²) in [6.07, 6.45) is 0.0574. The van der Waals surface area contributed by atoms with Crippen LogP contribution in [0.2, 0.25) is 0 Å². The molecule has 1 amide bonds. The zero-order chi connectivity index (χ0) is 26.3. The summed E-state index contributed by atoms with van der Waals surface area (Å²) in [7, 11) is -2.64. The number of methoxy groups -OCH3 is 1. The molecule has 3 rings (SSSR count). The topological polar surface area (TPSA) is 105 Å². The quantitative estimate of drug-likeness (QED) is 0.397. The summed E-state index contributed by atoms with van der Waals surface area (Å²) in [4.78, 5) is 19.0. The van der Waals surface area contributed by atoms with Crippen molar-refractivity contribution in [2.75, 3.05) is 7.11 Å². The number of sulfonamides is 1. The molecule has 1 unspecified atom stereocenters. The standard InChI is InChI=1S/C27H32N2O6S/c1-27(2,3)35-28-26(31)25(18-20-10-12-22(30)13-11-20)29(19-21-8-6-5-7-9-21)36(32,33)24-16-14-23(34-4)15-17-24/h5-17,25,30H,18-19H2,1-4H3,(H,28,31). The van der Waals surface area contributed by atoms with E-state index in [0.29, 0.717) is 11.3 Å². The summed E-state index contributed by atoms with van der Waals surface area (Å²) < 4.78 is 34.2. The lowest BCUT2D eigenvalue weighted by Gasteiger charge is -2.31. The van der Waals surface area contributed by atoms with Crippen LogP contribution in [0.5, 0.6) is 11.5 Å². The third-order valence-electron chi connectivity index (χ3n) is 5.32. The summed E-state index contributed by atoms with van der Waals surface area (Å²) in [5.41, 5.74) is 3.16. The Labute approximate surface area is 212 Å². The summed E-state index contributed by atoms with van der Waals surface area (Å²) in [5.74, 6) is -0.0191. The molecule has 0 fully saturated rings. The Bertz CT molecular complexity index is 1240. The molecule has 0 spiro atoms. The van der Waals surface area contributed by atoms with Gasteiger partial charge in [0.1, 0.15) is 17.5 Å². The van der Waals surface area contributed by atoms with E-state index in [9.17, 15) is 18.3 Å². The fourth-order valence-corrected chi connectivity index (χ4v) is 5.04. The van der Waals surface area contributed by atoms with E-state index in [4.69, 9.17) is 9.57 Å². The molecule has 8 nitrogen and oxygen atoms in total. The predicted octanol–water partition coefficient (Wildman–Crippen LogP) is 4.05. The molecule has 36 heavy (non-hydrogen) atoms. The van der Waals surface area contributed by atoms with Crippen molar-refractivity contribution in [3.63, 3.8) is 0 Å². The number of nitrogens with one attached hydrogen (secondary N) is 1. The van der Waals surface area contributed by atoms with Gasteiger partial charge in [-0.2, -0.15) is 4.31 Å². The van der Waals surface area contributed by atoms with E-state index >= 15 is 0 Å². The number of rotatable bonds is 10. The minimum absolute atomic E-state index is 0.0273. The van der Waals surface area contributed by atoms with Crippen molar-refractivity contribution < 1.29 is 27.9 Å². The number of hydrogen-bond acceptors (Lipinski definition) is 6. The van der Waals surface area contributed by atoms with Crippen LogP contribution in [-0.2, 0) is 32.6 Å². The molecular formula is C27H32N2O6S. The number of aromatic hydroxyl groups is 1. The fraction of sp³-hybridized carbons (Fsp3) is 0.296. The minimum atomic E-state index is -4.14. The normalized spacial score (nSPS) is 12.8. The average Bonchev–Trinajstić information content (AvgIpc) is 2.86. The minimum Gasteiger partial charge on any atom is -0.508 e. The average molecular weight is 513 g/mol. The van der Waals surface area contributed by atoms with E-state index in [1.165, 1.54) is 35.7 Å². The van der Waals surface area contributed by atoms with Crippen molar-refractivity contribution in [1.29, 1.82) is 0 Å². The summed E-state index contributed by atoms with van der Waals surface area (Å²) in [6, 6.07) is 20.2. The van der Waals surface area contributed by atoms with Gasteiger partial charge in [-0.1, -0.05) is 42.5 Å². The van der Waals surface area contributed by atoms with Gasteiger partial charge in [-0.3, -0.25) is 9.63 Å². The highest BCUT2D eigenvalue weighted by Crippen LogP contribution is 2.26. The zero-order valence-corrected chi connectivity index (χ0v) is 21.7. The van der Waals surface area contributed by atoms with Crippen molar-refractivity contribution in [3.8, 4) is 11.5 Å². The lowest BCUT2D eigenvalue weighted by atomic mass is 10.0. The van der Waals surface area contributed by atoms with Crippen LogP contribution in [0.25, 0.3) is 0 Å². The van der Waals surface area contributed by atoms with Gasteiger partial charge < -0.3 is 9.84 Å². The number of benzene rings is 3. The molecule has 0 radical (unpaired) electrons. The van der Waals surface area contributed by atoms with E-state index in [1.807, 2.05) is 18.2 Å². The highest BCUT2D eigenvalue weighted by atomic mass is 32.2. The third-order valence-corrected chi connectivity index (χ3v) is 7.19. The third kappa shape index (κ3) is 7.30. The maximum Gasteiger partial charge on any atom is 0.262 e. The monoisotopic (exact) mass is 512 g/mol. The van der Waals surface area contributed by atoms with Gasteiger partial charge in [0.25, 0.3) is 5.91 Å². The van der Waals surface area contributed by atoms with Gasteiger partial charge in [-0.05, 0) is 74.7 Å². The van der Waals surface area contributed by atoms with E-state index in [0.717, 1.165) is 5.56 Å². The zero-order valence-electron chi connectivity index (χ0n) is 20.8. The molecule has 1 atom stereocenters. The van der Waals surface area contributed by atoms with Crippen LogP contribution in [0, 0.1) is 0 Å². The smallest absolute Gasteiger partial charge is 0.262 e. The second kappa shape index (κ2) is 11.6. The van der Waals surface area contributed by atoms with E-state index in [2.05, 4.69) is 5.48 Å². The number of carbonyl (C=O) groups is 1. The van der Waals surface area contributed by atoms with Crippen LogP contribution in [0.1, 0.15) is 31.9 Å². The first-order valence-corrected chi connectivity index (χ1v) is 12.9. The lowest BCUT2D eigenvalue weighted by Crippen LogP contribution is -2.51. The second-order valence-electron chi connectivity index (χ2n) is 9.28. The lowest BCUT2D eigenvalue weighted by molar-refractivity contribution is -0.149. The molecule has 9 heteroatoms. The Hall–Kier alpha value is -3.40. The van der Waals surface area contributed by atoms with Gasteiger partial charge in [-0.25, -0.2) is 13.9 Å². The first kappa shape index (κ1) is 27.2. The first-order chi connectivity index (χ1) is 17.0. The fourth-order valence-electron chi connectivity index (χ4n) is 3.46. The SMILES string of the molecule is COc1ccc(S(=O)(=O)N(Cc2ccccc2)C(Cc2ccc(O)cc2)C(=O)NOC(C)(C)C)cc1. The molecule has 0 aromatic heterocycles. The molecular weight excluding hydrogens is 480 g/mol. The molecule has 2 N–H and O–H groups in total. The van der Waals surface area contributed by atoms with Crippen molar-refractivity contribution in [2.24, 2.45) is 0 Å². The molecule has 0 aliphatic rings. The highest BCUT2D eigenvalue weighted by Gasteiger charge is 2.37. The Morgan fingerprint density at radius 2 is 1.56 bits per heavy atom. The van der Waals surface area contributed by atoms with Crippen LogP contribution in [-0.4, -0.2) is 42.5 Å². The van der Waals surface area contributed by atoms with E-state index in [-0.39, 0.29) is 23.6 Å². The number of phenols is 1. The Balaban J connectivity index is 2.08. The second-order valence-corrected chi connectivity index (χ2v) is 11.2. The van der Waals surface area contributed by atoms with Gasteiger partial charge in [0.05, 0.1) is 17.6 Å². The largest absolute Gasteiger partial charge is 0.508 e. The summed E-state index contributed by atoms with van der Waals surface area (Å²) in [6.45, 7) is 5.29. The summed E-state index contributed by atoms with van der Waals surface area (Å²) >= 11 is 0. The predicted molar refractivity (Wildman–Crippen MR) is 137 cm³/mol. The molecule has 0 saturated heterocycles. The van der Waals surface area contributed by atoms with Gasteiger partial charge in [0, 0.05) is 6.54 Å². The van der Waals surface area contributed by atoms with Crippen molar-refractivity contribution >= 4 is 15.9 Å². The van der Waals surface area contributed by atoms with Crippen LogP contribution < -0.4 is 10.2 Å². The molecule has 192 valence electrons. The molecule has 3 aromatic rings. The number of hydrogen-bond donors (Lipinski definition) is 2. The number of amides is 1. The molecule has 0 aliphatic heterocycles. The van der Waals surface area contributed by atoms with Crippen LogP contribution in [0.4, 0.5) is 0 Å². The number of nitrogens with zero attached hydrogens (tertiary/aromatic N) is 1. The number of hydroxylamine groups is 1. The van der Waals surface area contributed by atoms with Gasteiger partial charge in [0.15, 0.2) is 0 Å². The number of carbonyl (C=O) groups excluding carboxylic acids is 1. The molecule has 0 heterocycles. The van der Waals surface area contributed by atoms with E-state index in [1.54, 1.807) is 57.2 Å². The number of phenolic OH excluding ortho intramolecular Hbond substituents is 1. The maximum absolute atomic E-state index is 14.0. The molecule has 0 aliphatic carbocycles. The van der Waals surface area contributed by atoms with E-state index < -0.39 is 27.6 Å². The Morgan fingerprint density at radius 1 is 0.944 bits per heavy atom. The maximum atomic E-state index is 14.0. The van der Waals surface area contributed by atoms with Crippen LogP contribution >= 0.6 is 0 Å². The van der Waals surface area contributed by atoms with Gasteiger partial charge >= 0.3 is 0 Å². The van der Waals surface area contributed by atoms with Gasteiger partial charge in [0.2, 0.25) is 10.0 Å². The highest BCUT2D eigenvalue weighted by molar-refractivity contribution is 7.89. The van der Waals surface area contributed by atoms with Crippen molar-refractivity contribution in [2.45, 2.75) is 50.3 Å². The molecule has 0 bridgehead atoms. The molecule has 0 saturated carbocycles. The Morgan fingerprint density at radius 3 is 2.11 bits per heavy atom. The first-order valence-electron chi connectivity index (χ1n) is 11.5. The Kier molecular flexibility index (Phi) is 8.73. The van der Waals surface area contributed by atoms with Crippen LogP contribution in [0.3, 0.4) is 0 Å². The van der Waals surface area contributed by atoms with Crippen molar-refractivity contribution in [3.05, 3.63) is 90.0 Å². The van der Waals surface area contributed by atoms with Crippen molar-refractivity contribution in [1.82, 2.24) is 9.79 Å². The van der Waals surface area contributed by atoms with Gasteiger partial charge in [-0.15, -0.1) is 0 Å². The molecule has 3 aromatic carbocycles.